The third-order valence-electron chi connectivity index (χ3n) is 3.24. The standard InChI is InChI=1S/C15H13BrN2OS2/c1-18(7-9-5-6-20-8-9)15(19)14-13(17)12-10(16)3-2-4-11(12)21-14/h2-6,8H,7,17H2,1H3. The molecule has 0 saturated carbocycles. The molecule has 0 radical (unpaired) electrons. The van der Waals surface area contributed by atoms with Crippen molar-refractivity contribution in [1.29, 1.82) is 0 Å². The van der Waals surface area contributed by atoms with E-state index in [2.05, 4.69) is 21.3 Å². The summed E-state index contributed by atoms with van der Waals surface area (Å²) in [7, 11) is 1.80. The molecule has 2 heterocycles. The molecular weight excluding hydrogens is 368 g/mol. The van der Waals surface area contributed by atoms with Gasteiger partial charge in [0.05, 0.1) is 5.69 Å². The molecule has 108 valence electrons. The summed E-state index contributed by atoms with van der Waals surface area (Å²) in [6.45, 7) is 0.594. The quantitative estimate of drug-likeness (QED) is 0.722. The highest BCUT2D eigenvalue weighted by molar-refractivity contribution is 9.10. The second-order valence-corrected chi connectivity index (χ2v) is 7.44. The average Bonchev–Trinajstić information content (AvgIpc) is 3.07. The van der Waals surface area contributed by atoms with Crippen molar-refractivity contribution >= 4 is 60.3 Å². The highest BCUT2D eigenvalue weighted by Crippen LogP contribution is 2.38. The number of thiophene rings is 2. The predicted molar refractivity (Wildman–Crippen MR) is 94.1 cm³/mol. The maximum Gasteiger partial charge on any atom is 0.266 e. The van der Waals surface area contributed by atoms with E-state index in [-0.39, 0.29) is 5.91 Å². The zero-order valence-electron chi connectivity index (χ0n) is 11.3. The predicted octanol–water partition coefficient (Wildman–Crippen LogP) is 4.58. The maximum absolute atomic E-state index is 12.6. The molecule has 1 amide bonds. The third kappa shape index (κ3) is 2.71. The molecule has 21 heavy (non-hydrogen) atoms. The fraction of sp³-hybridized carbons (Fsp3) is 0.133. The first kappa shape index (κ1) is 14.6. The summed E-state index contributed by atoms with van der Waals surface area (Å²) < 4.78 is 1.95. The number of halogens is 1. The van der Waals surface area contributed by atoms with Crippen LogP contribution in [0.1, 0.15) is 15.2 Å². The first-order valence-electron chi connectivity index (χ1n) is 6.31. The summed E-state index contributed by atoms with van der Waals surface area (Å²) in [5.74, 6) is -0.0354. The zero-order valence-corrected chi connectivity index (χ0v) is 14.5. The third-order valence-corrected chi connectivity index (χ3v) is 5.79. The van der Waals surface area contributed by atoms with Crippen LogP contribution in [0.4, 0.5) is 5.69 Å². The molecule has 0 bridgehead atoms. The number of benzene rings is 1. The van der Waals surface area contributed by atoms with Crippen molar-refractivity contribution in [1.82, 2.24) is 4.90 Å². The van der Waals surface area contributed by atoms with Gasteiger partial charge in [-0.25, -0.2) is 0 Å². The Kier molecular flexibility index (Phi) is 4.01. The highest BCUT2D eigenvalue weighted by atomic mass is 79.9. The van der Waals surface area contributed by atoms with E-state index in [1.54, 1.807) is 23.3 Å². The van der Waals surface area contributed by atoms with Gasteiger partial charge in [-0.1, -0.05) is 22.0 Å². The summed E-state index contributed by atoms with van der Waals surface area (Å²) in [5.41, 5.74) is 7.88. The van der Waals surface area contributed by atoms with Crippen molar-refractivity contribution in [2.45, 2.75) is 6.54 Å². The number of nitrogens with zero attached hydrogens (tertiary/aromatic N) is 1. The summed E-state index contributed by atoms with van der Waals surface area (Å²) in [6.07, 6.45) is 0. The van der Waals surface area contributed by atoms with E-state index in [1.807, 2.05) is 29.6 Å². The van der Waals surface area contributed by atoms with Crippen LogP contribution < -0.4 is 5.73 Å². The molecule has 2 aromatic heterocycles. The number of fused-ring (bicyclic) bond motifs is 1. The van der Waals surface area contributed by atoms with Crippen molar-refractivity contribution in [3.8, 4) is 0 Å². The minimum Gasteiger partial charge on any atom is -0.397 e. The number of nitrogen functional groups attached to an aromatic ring is 1. The minimum atomic E-state index is -0.0354. The molecule has 3 aromatic rings. The molecule has 0 saturated heterocycles. The van der Waals surface area contributed by atoms with E-state index in [0.29, 0.717) is 17.1 Å². The number of hydrogen-bond donors (Lipinski definition) is 1. The lowest BCUT2D eigenvalue weighted by atomic mass is 10.2. The van der Waals surface area contributed by atoms with Crippen LogP contribution in [-0.2, 0) is 6.54 Å². The summed E-state index contributed by atoms with van der Waals surface area (Å²) >= 11 is 6.57. The van der Waals surface area contributed by atoms with Gasteiger partial charge >= 0.3 is 0 Å². The van der Waals surface area contributed by atoms with Crippen molar-refractivity contribution in [3.05, 3.63) is 49.9 Å². The molecule has 0 atom stereocenters. The van der Waals surface area contributed by atoms with E-state index in [4.69, 9.17) is 5.73 Å². The molecule has 0 aliphatic rings. The molecular formula is C15H13BrN2OS2. The first-order valence-corrected chi connectivity index (χ1v) is 8.86. The van der Waals surface area contributed by atoms with Crippen LogP contribution in [-0.4, -0.2) is 17.9 Å². The molecule has 0 spiro atoms. The largest absolute Gasteiger partial charge is 0.397 e. The zero-order chi connectivity index (χ0) is 15.0. The average molecular weight is 381 g/mol. The highest BCUT2D eigenvalue weighted by Gasteiger charge is 2.21. The van der Waals surface area contributed by atoms with Crippen molar-refractivity contribution < 1.29 is 4.79 Å². The smallest absolute Gasteiger partial charge is 0.266 e. The second-order valence-electron chi connectivity index (χ2n) is 4.75. The van der Waals surface area contributed by atoms with Crippen LogP contribution in [0.15, 0.2) is 39.5 Å². The van der Waals surface area contributed by atoms with Gasteiger partial charge in [-0.15, -0.1) is 11.3 Å². The van der Waals surface area contributed by atoms with Gasteiger partial charge in [-0.2, -0.15) is 11.3 Å². The monoisotopic (exact) mass is 380 g/mol. The van der Waals surface area contributed by atoms with Crippen LogP contribution in [0.3, 0.4) is 0 Å². The van der Waals surface area contributed by atoms with Crippen LogP contribution in [0.2, 0.25) is 0 Å². The Bertz CT molecular complexity index is 795. The van der Waals surface area contributed by atoms with Gasteiger partial charge in [0.1, 0.15) is 4.88 Å². The van der Waals surface area contributed by atoms with E-state index < -0.39 is 0 Å². The fourth-order valence-electron chi connectivity index (χ4n) is 2.19. The summed E-state index contributed by atoms with van der Waals surface area (Å²) in [5, 5.41) is 4.99. The number of carbonyl (C=O) groups excluding carboxylic acids is 1. The van der Waals surface area contributed by atoms with Gasteiger partial charge in [-0.05, 0) is 34.5 Å². The molecule has 0 aliphatic heterocycles. The molecule has 3 rings (SSSR count). The lowest BCUT2D eigenvalue weighted by Crippen LogP contribution is -2.25. The van der Waals surface area contributed by atoms with E-state index >= 15 is 0 Å². The lowest BCUT2D eigenvalue weighted by molar-refractivity contribution is 0.0791. The molecule has 6 heteroatoms. The summed E-state index contributed by atoms with van der Waals surface area (Å²) in [6, 6.07) is 7.90. The van der Waals surface area contributed by atoms with Crippen LogP contribution in [0, 0.1) is 0 Å². The van der Waals surface area contributed by atoms with Crippen molar-refractivity contribution in [2.75, 3.05) is 12.8 Å². The first-order chi connectivity index (χ1) is 10.1. The van der Waals surface area contributed by atoms with Crippen LogP contribution in [0.25, 0.3) is 10.1 Å². The van der Waals surface area contributed by atoms with Gasteiger partial charge in [0.2, 0.25) is 0 Å². The molecule has 1 aromatic carbocycles. The molecule has 0 aliphatic carbocycles. The second kappa shape index (κ2) is 5.79. The molecule has 2 N–H and O–H groups in total. The minimum absolute atomic E-state index is 0.0354. The van der Waals surface area contributed by atoms with Crippen molar-refractivity contribution in [2.24, 2.45) is 0 Å². The molecule has 0 unspecified atom stereocenters. The number of rotatable bonds is 3. The Hall–Kier alpha value is -1.37. The van der Waals surface area contributed by atoms with Gasteiger partial charge in [-0.3, -0.25) is 4.79 Å². The topological polar surface area (TPSA) is 46.3 Å². The number of amides is 1. The maximum atomic E-state index is 12.6. The van der Waals surface area contributed by atoms with Gasteiger partial charge in [0, 0.05) is 28.2 Å². The van der Waals surface area contributed by atoms with Crippen molar-refractivity contribution in [3.63, 3.8) is 0 Å². The number of carbonyl (C=O) groups is 1. The summed E-state index contributed by atoms with van der Waals surface area (Å²) in [4.78, 5) is 14.9. The van der Waals surface area contributed by atoms with Gasteiger partial charge in [0.25, 0.3) is 5.91 Å². The normalized spacial score (nSPS) is 11.0. The molecule has 0 fully saturated rings. The Morgan fingerprint density at radius 1 is 1.38 bits per heavy atom. The van der Waals surface area contributed by atoms with Crippen LogP contribution >= 0.6 is 38.6 Å². The Labute approximate surface area is 139 Å². The Balaban J connectivity index is 1.94. The number of nitrogens with two attached hydrogens (primary N) is 1. The van der Waals surface area contributed by atoms with E-state index in [1.165, 1.54) is 11.3 Å². The Morgan fingerprint density at radius 2 is 2.19 bits per heavy atom. The van der Waals surface area contributed by atoms with Gasteiger partial charge < -0.3 is 10.6 Å². The van der Waals surface area contributed by atoms with Crippen LogP contribution in [0.5, 0.6) is 0 Å². The number of anilines is 1. The molecule has 3 nitrogen and oxygen atoms in total. The number of hydrogen-bond acceptors (Lipinski definition) is 4. The van der Waals surface area contributed by atoms with E-state index in [9.17, 15) is 4.79 Å². The van der Waals surface area contributed by atoms with E-state index in [0.717, 1.165) is 20.1 Å². The fourth-order valence-corrected chi connectivity index (χ4v) is 4.70. The SMILES string of the molecule is CN(Cc1ccsc1)C(=O)c1sc2cccc(Br)c2c1N. The lowest BCUT2D eigenvalue weighted by Gasteiger charge is -2.15. The Morgan fingerprint density at radius 3 is 2.86 bits per heavy atom. The van der Waals surface area contributed by atoms with Gasteiger partial charge in [0.15, 0.2) is 0 Å².